The molecule has 94 valence electrons. The molecule has 0 atom stereocenters. The number of nitriles is 1. The highest BCUT2D eigenvalue weighted by molar-refractivity contribution is 5.67. The van der Waals surface area contributed by atoms with Crippen LogP contribution in [0.5, 0.6) is 0 Å². The van der Waals surface area contributed by atoms with Crippen LogP contribution in [0.1, 0.15) is 24.8 Å². The Morgan fingerprint density at radius 1 is 1.56 bits per heavy atom. The second-order valence-electron chi connectivity index (χ2n) is 4.53. The van der Waals surface area contributed by atoms with Gasteiger partial charge in [-0.05, 0) is 24.8 Å². The predicted molar refractivity (Wildman–Crippen MR) is 66.1 cm³/mol. The van der Waals surface area contributed by atoms with Gasteiger partial charge in [0.1, 0.15) is 6.07 Å². The van der Waals surface area contributed by atoms with Crippen molar-refractivity contribution in [3.05, 3.63) is 24.0 Å². The SMILES string of the molecule is N#Cc1ccncc1N1CCC(CC(=O)O)CC1. The van der Waals surface area contributed by atoms with Gasteiger partial charge in [-0.25, -0.2) is 0 Å². The Balaban J connectivity index is 2.01. The van der Waals surface area contributed by atoms with E-state index >= 15 is 0 Å². The number of carboxylic acids is 1. The first-order chi connectivity index (χ1) is 8.70. The lowest BCUT2D eigenvalue weighted by atomic mass is 9.93. The molecule has 0 amide bonds. The number of hydrogen-bond donors (Lipinski definition) is 1. The normalized spacial score (nSPS) is 16.3. The Labute approximate surface area is 106 Å². The van der Waals surface area contributed by atoms with Gasteiger partial charge in [-0.3, -0.25) is 9.78 Å². The van der Waals surface area contributed by atoms with Crippen LogP contribution in [0, 0.1) is 17.2 Å². The predicted octanol–water partition coefficient (Wildman–Crippen LogP) is 1.64. The van der Waals surface area contributed by atoms with E-state index < -0.39 is 5.97 Å². The third kappa shape index (κ3) is 2.77. The standard InChI is InChI=1S/C13H15N3O2/c14-8-11-1-4-15-9-12(11)16-5-2-10(3-6-16)7-13(17)18/h1,4,9-10H,2-3,5-7H2,(H,17,18). The first kappa shape index (κ1) is 12.4. The minimum absolute atomic E-state index is 0.242. The fourth-order valence-corrected chi connectivity index (χ4v) is 2.36. The zero-order valence-corrected chi connectivity index (χ0v) is 10.0. The number of rotatable bonds is 3. The molecule has 0 saturated carbocycles. The minimum Gasteiger partial charge on any atom is -0.481 e. The molecule has 1 aromatic rings. The summed E-state index contributed by atoms with van der Waals surface area (Å²) in [5.74, 6) is -0.478. The van der Waals surface area contributed by atoms with Crippen molar-refractivity contribution in [3.63, 3.8) is 0 Å². The Morgan fingerprint density at radius 3 is 2.89 bits per heavy atom. The maximum atomic E-state index is 10.7. The summed E-state index contributed by atoms with van der Waals surface area (Å²) in [6.45, 7) is 1.58. The van der Waals surface area contributed by atoms with Crippen molar-refractivity contribution in [1.82, 2.24) is 4.98 Å². The van der Waals surface area contributed by atoms with Gasteiger partial charge in [0.25, 0.3) is 0 Å². The number of pyridine rings is 1. The van der Waals surface area contributed by atoms with E-state index in [0.29, 0.717) is 5.56 Å². The molecule has 1 aromatic heterocycles. The molecule has 0 aromatic carbocycles. The van der Waals surface area contributed by atoms with E-state index in [1.165, 1.54) is 0 Å². The molecule has 0 radical (unpaired) electrons. The van der Waals surface area contributed by atoms with Gasteiger partial charge >= 0.3 is 5.97 Å². The van der Waals surface area contributed by atoms with Crippen molar-refractivity contribution in [2.75, 3.05) is 18.0 Å². The van der Waals surface area contributed by atoms with E-state index in [1.807, 2.05) is 0 Å². The number of aliphatic carboxylic acids is 1. The lowest BCUT2D eigenvalue weighted by molar-refractivity contribution is -0.138. The zero-order valence-electron chi connectivity index (χ0n) is 10.0. The Morgan fingerprint density at radius 2 is 2.28 bits per heavy atom. The van der Waals surface area contributed by atoms with Gasteiger partial charge in [0.05, 0.1) is 17.4 Å². The van der Waals surface area contributed by atoms with E-state index in [9.17, 15) is 4.79 Å². The maximum absolute atomic E-state index is 10.7. The van der Waals surface area contributed by atoms with Crippen molar-refractivity contribution in [2.45, 2.75) is 19.3 Å². The van der Waals surface area contributed by atoms with Crippen molar-refractivity contribution in [1.29, 1.82) is 5.26 Å². The number of hydrogen-bond acceptors (Lipinski definition) is 4. The Hall–Kier alpha value is -2.09. The number of aromatic nitrogens is 1. The van der Waals surface area contributed by atoms with E-state index in [4.69, 9.17) is 10.4 Å². The number of anilines is 1. The first-order valence-electron chi connectivity index (χ1n) is 6.01. The van der Waals surface area contributed by atoms with Crippen molar-refractivity contribution < 1.29 is 9.90 Å². The molecule has 18 heavy (non-hydrogen) atoms. The topological polar surface area (TPSA) is 77.2 Å². The molecule has 1 N–H and O–H groups in total. The minimum atomic E-state index is -0.729. The molecule has 2 heterocycles. The molecule has 2 rings (SSSR count). The molecular formula is C13H15N3O2. The van der Waals surface area contributed by atoms with E-state index in [0.717, 1.165) is 31.6 Å². The van der Waals surface area contributed by atoms with Crippen LogP contribution in [0.15, 0.2) is 18.5 Å². The maximum Gasteiger partial charge on any atom is 0.303 e. The van der Waals surface area contributed by atoms with Gasteiger partial charge in [-0.15, -0.1) is 0 Å². The number of nitrogens with zero attached hydrogens (tertiary/aromatic N) is 3. The summed E-state index contributed by atoms with van der Waals surface area (Å²) in [5.41, 5.74) is 1.48. The van der Waals surface area contributed by atoms with Crippen molar-refractivity contribution >= 4 is 11.7 Å². The molecule has 5 nitrogen and oxygen atoms in total. The highest BCUT2D eigenvalue weighted by Crippen LogP contribution is 2.26. The first-order valence-corrected chi connectivity index (χ1v) is 6.01. The fourth-order valence-electron chi connectivity index (χ4n) is 2.36. The van der Waals surface area contributed by atoms with Crippen LogP contribution < -0.4 is 4.90 Å². The number of piperidine rings is 1. The second kappa shape index (κ2) is 5.50. The molecule has 0 spiro atoms. The van der Waals surface area contributed by atoms with Crippen LogP contribution >= 0.6 is 0 Å². The second-order valence-corrected chi connectivity index (χ2v) is 4.53. The summed E-state index contributed by atoms with van der Waals surface area (Å²) < 4.78 is 0. The monoisotopic (exact) mass is 245 g/mol. The summed E-state index contributed by atoms with van der Waals surface area (Å²) in [6.07, 6.45) is 5.26. The van der Waals surface area contributed by atoms with Crippen LogP contribution in [0.2, 0.25) is 0 Å². The lowest BCUT2D eigenvalue weighted by Gasteiger charge is -2.33. The summed E-state index contributed by atoms with van der Waals surface area (Å²) in [5, 5.41) is 17.8. The zero-order chi connectivity index (χ0) is 13.0. The van der Waals surface area contributed by atoms with Crippen LogP contribution in [0.4, 0.5) is 5.69 Å². The van der Waals surface area contributed by atoms with Crippen LogP contribution in [-0.2, 0) is 4.79 Å². The molecule has 0 unspecified atom stereocenters. The molecule has 1 aliphatic rings. The quantitative estimate of drug-likeness (QED) is 0.876. The van der Waals surface area contributed by atoms with Crippen molar-refractivity contribution in [2.24, 2.45) is 5.92 Å². The largest absolute Gasteiger partial charge is 0.481 e. The summed E-state index contributed by atoms with van der Waals surface area (Å²) in [7, 11) is 0. The summed E-state index contributed by atoms with van der Waals surface area (Å²) in [4.78, 5) is 16.8. The lowest BCUT2D eigenvalue weighted by Crippen LogP contribution is -2.34. The average Bonchev–Trinajstić information content (AvgIpc) is 2.39. The average molecular weight is 245 g/mol. The smallest absolute Gasteiger partial charge is 0.303 e. The van der Waals surface area contributed by atoms with Crippen molar-refractivity contribution in [3.8, 4) is 6.07 Å². The summed E-state index contributed by atoms with van der Waals surface area (Å²) in [6, 6.07) is 3.87. The molecule has 1 aliphatic heterocycles. The van der Waals surface area contributed by atoms with Gasteiger partial charge < -0.3 is 10.0 Å². The highest BCUT2D eigenvalue weighted by Gasteiger charge is 2.22. The third-order valence-corrected chi connectivity index (χ3v) is 3.34. The molecule has 0 bridgehead atoms. The Bertz CT molecular complexity index is 473. The molecule has 0 aliphatic carbocycles. The van der Waals surface area contributed by atoms with E-state index in [-0.39, 0.29) is 12.3 Å². The van der Waals surface area contributed by atoms with E-state index in [2.05, 4.69) is 16.0 Å². The van der Waals surface area contributed by atoms with Crippen LogP contribution in [0.25, 0.3) is 0 Å². The number of carboxylic acid groups (broad SMARTS) is 1. The summed E-state index contributed by atoms with van der Waals surface area (Å²) >= 11 is 0. The molecule has 1 fully saturated rings. The molecule has 1 saturated heterocycles. The number of carbonyl (C=O) groups is 1. The van der Waals surface area contributed by atoms with Gasteiger partial charge in [-0.2, -0.15) is 5.26 Å². The van der Waals surface area contributed by atoms with Crippen LogP contribution in [0.3, 0.4) is 0 Å². The molecule has 5 heteroatoms. The van der Waals surface area contributed by atoms with Gasteiger partial charge in [0.2, 0.25) is 0 Å². The highest BCUT2D eigenvalue weighted by atomic mass is 16.4. The third-order valence-electron chi connectivity index (χ3n) is 3.34. The molecular weight excluding hydrogens is 230 g/mol. The van der Waals surface area contributed by atoms with Crippen LogP contribution in [-0.4, -0.2) is 29.1 Å². The van der Waals surface area contributed by atoms with Gasteiger partial charge in [0.15, 0.2) is 0 Å². The van der Waals surface area contributed by atoms with Gasteiger partial charge in [0, 0.05) is 25.7 Å². The van der Waals surface area contributed by atoms with Gasteiger partial charge in [-0.1, -0.05) is 0 Å². The fraction of sp³-hybridized carbons (Fsp3) is 0.462. The van der Waals surface area contributed by atoms with E-state index in [1.54, 1.807) is 18.5 Å². The Kier molecular flexibility index (Phi) is 3.78.